The molecule has 2 N–H and O–H groups in total. The summed E-state index contributed by atoms with van der Waals surface area (Å²) in [7, 11) is 0. The molecule has 1 fully saturated rings. The molecule has 92 valence electrons. The maximum absolute atomic E-state index is 11.9. The van der Waals surface area contributed by atoms with E-state index in [9.17, 15) is 9.59 Å². The first kappa shape index (κ1) is 13.0. The zero-order valence-electron chi connectivity index (χ0n) is 10.6. The van der Waals surface area contributed by atoms with Crippen LogP contribution < -0.4 is 5.32 Å². The highest BCUT2D eigenvalue weighted by Gasteiger charge is 2.66. The van der Waals surface area contributed by atoms with Crippen LogP contribution in [0.1, 0.15) is 41.0 Å². The minimum Gasteiger partial charge on any atom is -0.481 e. The molecule has 1 rings (SSSR count). The highest BCUT2D eigenvalue weighted by molar-refractivity contribution is 5.91. The molecule has 2 atom stereocenters. The Hall–Kier alpha value is -1.06. The summed E-state index contributed by atoms with van der Waals surface area (Å²) < 4.78 is 0. The molecule has 2 unspecified atom stereocenters. The van der Waals surface area contributed by atoms with E-state index in [-0.39, 0.29) is 11.4 Å². The van der Waals surface area contributed by atoms with Gasteiger partial charge in [-0.2, -0.15) is 0 Å². The van der Waals surface area contributed by atoms with Gasteiger partial charge in [0.1, 0.15) is 0 Å². The number of carboxylic acids is 1. The molecule has 1 amide bonds. The van der Waals surface area contributed by atoms with Crippen LogP contribution in [0.25, 0.3) is 0 Å². The Balaban J connectivity index is 2.68. The minimum atomic E-state index is -0.876. The quantitative estimate of drug-likeness (QED) is 0.767. The minimum absolute atomic E-state index is 0.135. The fourth-order valence-corrected chi connectivity index (χ4v) is 2.09. The summed E-state index contributed by atoms with van der Waals surface area (Å²) in [6.45, 7) is 9.53. The van der Waals surface area contributed by atoms with Crippen LogP contribution in [0.3, 0.4) is 0 Å². The van der Waals surface area contributed by atoms with Crippen molar-refractivity contribution in [1.82, 2.24) is 5.32 Å². The van der Waals surface area contributed by atoms with Crippen molar-refractivity contribution in [3.8, 4) is 0 Å². The normalized spacial score (nSPS) is 27.3. The van der Waals surface area contributed by atoms with E-state index in [0.717, 1.165) is 6.42 Å². The maximum atomic E-state index is 11.9. The van der Waals surface area contributed by atoms with Crippen LogP contribution in [-0.2, 0) is 9.59 Å². The fourth-order valence-electron chi connectivity index (χ4n) is 2.09. The molecule has 4 nitrogen and oxygen atoms in total. The molecule has 1 aliphatic carbocycles. The molecule has 16 heavy (non-hydrogen) atoms. The molecule has 1 saturated carbocycles. The van der Waals surface area contributed by atoms with Crippen molar-refractivity contribution in [2.24, 2.45) is 17.3 Å². The maximum Gasteiger partial charge on any atom is 0.307 e. The Bertz CT molecular complexity index is 320. The van der Waals surface area contributed by atoms with E-state index >= 15 is 0 Å². The van der Waals surface area contributed by atoms with Gasteiger partial charge in [-0.15, -0.1) is 0 Å². The van der Waals surface area contributed by atoms with Crippen LogP contribution in [0, 0.1) is 17.3 Å². The summed E-state index contributed by atoms with van der Waals surface area (Å²) in [5, 5.41) is 11.9. The molecule has 1 aliphatic rings. The molecule has 0 aromatic heterocycles. The van der Waals surface area contributed by atoms with Crippen molar-refractivity contribution < 1.29 is 14.7 Å². The number of rotatable bonds is 4. The molecule has 0 aromatic carbocycles. The van der Waals surface area contributed by atoms with Crippen molar-refractivity contribution >= 4 is 11.9 Å². The van der Waals surface area contributed by atoms with Gasteiger partial charge in [0.2, 0.25) is 5.91 Å². The number of carbonyl (C=O) groups is 2. The van der Waals surface area contributed by atoms with E-state index in [0.29, 0.717) is 0 Å². The number of carbonyl (C=O) groups excluding carboxylic acids is 1. The third-order valence-corrected chi connectivity index (χ3v) is 3.72. The van der Waals surface area contributed by atoms with E-state index in [1.165, 1.54) is 0 Å². The Morgan fingerprint density at radius 1 is 1.31 bits per heavy atom. The van der Waals surface area contributed by atoms with Gasteiger partial charge in [0, 0.05) is 5.54 Å². The number of hydrogen-bond donors (Lipinski definition) is 2. The monoisotopic (exact) mass is 227 g/mol. The highest BCUT2D eigenvalue weighted by Crippen LogP contribution is 2.58. The summed E-state index contributed by atoms with van der Waals surface area (Å²) >= 11 is 0. The third kappa shape index (κ3) is 2.20. The van der Waals surface area contributed by atoms with Crippen LogP contribution in [0.5, 0.6) is 0 Å². The topological polar surface area (TPSA) is 66.4 Å². The molecule has 0 bridgehead atoms. The van der Waals surface area contributed by atoms with Gasteiger partial charge in [0.05, 0.1) is 11.8 Å². The molecule has 0 saturated heterocycles. The summed E-state index contributed by atoms with van der Waals surface area (Å²) in [6.07, 6.45) is 0.823. The second kappa shape index (κ2) is 3.75. The smallest absolute Gasteiger partial charge is 0.307 e. The number of aliphatic carboxylic acids is 1. The SMILES string of the molecule is CCC(C)(C)NC(=O)C1C(C(=O)O)C1(C)C. The molecular weight excluding hydrogens is 206 g/mol. The fraction of sp³-hybridized carbons (Fsp3) is 0.833. The van der Waals surface area contributed by atoms with E-state index in [1.807, 2.05) is 34.6 Å². The largest absolute Gasteiger partial charge is 0.481 e. The zero-order valence-corrected chi connectivity index (χ0v) is 10.6. The van der Waals surface area contributed by atoms with Gasteiger partial charge >= 0.3 is 5.97 Å². The summed E-state index contributed by atoms with van der Waals surface area (Å²) in [5.41, 5.74) is -0.682. The highest BCUT2D eigenvalue weighted by atomic mass is 16.4. The van der Waals surface area contributed by atoms with Gasteiger partial charge in [0.15, 0.2) is 0 Å². The standard InChI is InChI=1S/C12H21NO3/c1-6-11(2,3)13-9(14)7-8(10(15)16)12(7,4)5/h7-8H,6H2,1-5H3,(H,13,14)(H,15,16). The summed E-state index contributed by atoms with van der Waals surface area (Å²) in [5.74, 6) is -1.94. The van der Waals surface area contributed by atoms with Crippen LogP contribution in [0.4, 0.5) is 0 Å². The average Bonchev–Trinajstić information content (AvgIpc) is 2.68. The summed E-state index contributed by atoms with van der Waals surface area (Å²) in [4.78, 5) is 22.9. The number of carboxylic acid groups (broad SMARTS) is 1. The van der Waals surface area contributed by atoms with Crippen molar-refractivity contribution in [2.75, 3.05) is 0 Å². The Kier molecular flexibility index (Phi) is 3.05. The van der Waals surface area contributed by atoms with Gasteiger partial charge in [-0.05, 0) is 25.7 Å². The van der Waals surface area contributed by atoms with Gasteiger partial charge < -0.3 is 10.4 Å². The molecule has 0 radical (unpaired) electrons. The second-order valence-electron chi connectivity index (χ2n) is 5.84. The zero-order chi connectivity index (χ0) is 12.7. The molecule has 0 heterocycles. The Morgan fingerprint density at radius 2 is 1.81 bits per heavy atom. The van der Waals surface area contributed by atoms with E-state index in [4.69, 9.17) is 5.11 Å². The van der Waals surface area contributed by atoms with Crippen LogP contribution in [0.2, 0.25) is 0 Å². The molecule has 0 spiro atoms. The first-order valence-electron chi connectivity index (χ1n) is 5.68. The van der Waals surface area contributed by atoms with Gasteiger partial charge in [-0.1, -0.05) is 20.8 Å². The average molecular weight is 227 g/mol. The first-order chi connectivity index (χ1) is 7.13. The lowest BCUT2D eigenvalue weighted by Crippen LogP contribution is -2.44. The third-order valence-electron chi connectivity index (χ3n) is 3.72. The summed E-state index contributed by atoms with van der Waals surface area (Å²) in [6, 6.07) is 0. The number of hydrogen-bond acceptors (Lipinski definition) is 2. The van der Waals surface area contributed by atoms with Gasteiger partial charge in [-0.25, -0.2) is 0 Å². The van der Waals surface area contributed by atoms with Crippen LogP contribution >= 0.6 is 0 Å². The Labute approximate surface area is 96.4 Å². The van der Waals surface area contributed by atoms with E-state index in [2.05, 4.69) is 5.32 Å². The predicted molar refractivity (Wildman–Crippen MR) is 60.9 cm³/mol. The molecular formula is C12H21NO3. The van der Waals surface area contributed by atoms with Gasteiger partial charge in [0.25, 0.3) is 0 Å². The lowest BCUT2D eigenvalue weighted by molar-refractivity contribution is -0.140. The van der Waals surface area contributed by atoms with Crippen molar-refractivity contribution in [1.29, 1.82) is 0 Å². The molecule has 0 aliphatic heterocycles. The lowest BCUT2D eigenvalue weighted by atomic mass is 10.0. The van der Waals surface area contributed by atoms with Crippen LogP contribution in [-0.4, -0.2) is 22.5 Å². The van der Waals surface area contributed by atoms with Crippen molar-refractivity contribution in [3.05, 3.63) is 0 Å². The Morgan fingerprint density at radius 3 is 2.12 bits per heavy atom. The van der Waals surface area contributed by atoms with E-state index in [1.54, 1.807) is 0 Å². The number of amides is 1. The molecule has 4 heteroatoms. The molecule has 0 aromatic rings. The van der Waals surface area contributed by atoms with Crippen molar-refractivity contribution in [3.63, 3.8) is 0 Å². The van der Waals surface area contributed by atoms with E-state index < -0.39 is 23.2 Å². The second-order valence-corrected chi connectivity index (χ2v) is 5.84. The van der Waals surface area contributed by atoms with Gasteiger partial charge in [-0.3, -0.25) is 9.59 Å². The lowest BCUT2D eigenvalue weighted by Gasteiger charge is -2.24. The van der Waals surface area contributed by atoms with Crippen LogP contribution in [0.15, 0.2) is 0 Å². The number of nitrogens with one attached hydrogen (secondary N) is 1. The first-order valence-corrected chi connectivity index (χ1v) is 5.68. The van der Waals surface area contributed by atoms with Crippen molar-refractivity contribution in [2.45, 2.75) is 46.6 Å². The predicted octanol–water partition coefficient (Wildman–Crippen LogP) is 1.65.